The van der Waals surface area contributed by atoms with Crippen LogP contribution >= 0.6 is 0 Å². The van der Waals surface area contributed by atoms with Gasteiger partial charge >= 0.3 is 0 Å². The van der Waals surface area contributed by atoms with E-state index >= 15 is 0 Å². The fourth-order valence-electron chi connectivity index (χ4n) is 4.15. The Hall–Kier alpha value is -3.02. The number of rotatable bonds is 4. The number of nitrogens with zero attached hydrogens (tertiary/aromatic N) is 2. The Morgan fingerprint density at radius 3 is 2.60 bits per heavy atom. The summed E-state index contributed by atoms with van der Waals surface area (Å²) in [5.41, 5.74) is 3.86. The van der Waals surface area contributed by atoms with E-state index in [4.69, 9.17) is 4.74 Å². The largest absolute Gasteiger partial charge is 0.477 e. The van der Waals surface area contributed by atoms with Gasteiger partial charge in [-0.05, 0) is 62.4 Å². The fraction of sp³-hybridized carbons (Fsp3) is 0.417. The van der Waals surface area contributed by atoms with Crippen molar-refractivity contribution in [3.8, 4) is 5.75 Å². The number of amides is 2. The molecule has 0 radical (unpaired) electrons. The van der Waals surface area contributed by atoms with Gasteiger partial charge in [0.2, 0.25) is 5.91 Å². The number of hydrogen-bond donors (Lipinski definition) is 1. The quantitative estimate of drug-likeness (QED) is 0.842. The van der Waals surface area contributed by atoms with E-state index in [0.717, 1.165) is 48.4 Å². The van der Waals surface area contributed by atoms with Crippen LogP contribution in [0.5, 0.6) is 5.75 Å². The molecule has 0 saturated carbocycles. The molecule has 2 heterocycles. The molecule has 2 aromatic rings. The van der Waals surface area contributed by atoms with Crippen molar-refractivity contribution in [2.45, 2.75) is 39.2 Å². The molecule has 2 aliphatic rings. The van der Waals surface area contributed by atoms with Gasteiger partial charge in [0.25, 0.3) is 5.91 Å². The second-order valence-corrected chi connectivity index (χ2v) is 8.14. The second-order valence-electron chi connectivity index (χ2n) is 8.14. The average molecular weight is 408 g/mol. The van der Waals surface area contributed by atoms with E-state index in [1.54, 1.807) is 0 Å². The van der Waals surface area contributed by atoms with Crippen LogP contribution in [0.3, 0.4) is 0 Å². The lowest BCUT2D eigenvalue weighted by Gasteiger charge is -2.38. The number of ether oxygens (including phenoxy) is 1. The normalized spacial score (nSPS) is 18.4. The maximum Gasteiger partial charge on any atom is 0.265 e. The van der Waals surface area contributed by atoms with Crippen molar-refractivity contribution in [3.05, 3.63) is 53.6 Å². The first kappa shape index (κ1) is 20.3. The van der Waals surface area contributed by atoms with Gasteiger partial charge in [-0.15, -0.1) is 0 Å². The van der Waals surface area contributed by atoms with Crippen LogP contribution in [0.4, 0.5) is 11.4 Å². The summed E-state index contributed by atoms with van der Waals surface area (Å²) in [6.45, 7) is 6.13. The minimum absolute atomic E-state index is 0.0177. The number of benzene rings is 2. The SMILES string of the molecule is Cc1cccc(NC(=O)CN2CC(C(=O)N3CCCCC3)Oc3ccccc32)c1C. The highest BCUT2D eigenvalue weighted by atomic mass is 16.5. The number of piperidine rings is 1. The lowest BCUT2D eigenvalue weighted by molar-refractivity contribution is -0.139. The Balaban J connectivity index is 1.50. The number of aryl methyl sites for hydroxylation is 1. The van der Waals surface area contributed by atoms with Gasteiger partial charge in [0.1, 0.15) is 5.75 Å². The molecule has 4 rings (SSSR count). The van der Waals surface area contributed by atoms with Gasteiger partial charge in [-0.1, -0.05) is 24.3 Å². The summed E-state index contributed by atoms with van der Waals surface area (Å²) in [6.07, 6.45) is 2.66. The molecule has 6 nitrogen and oxygen atoms in total. The zero-order valence-corrected chi connectivity index (χ0v) is 17.7. The van der Waals surface area contributed by atoms with Gasteiger partial charge in [0, 0.05) is 18.8 Å². The third-order valence-electron chi connectivity index (χ3n) is 6.02. The van der Waals surface area contributed by atoms with Gasteiger partial charge in [-0.25, -0.2) is 0 Å². The molecule has 1 N–H and O–H groups in total. The molecule has 0 aliphatic carbocycles. The zero-order valence-electron chi connectivity index (χ0n) is 17.7. The third kappa shape index (κ3) is 4.27. The van der Waals surface area contributed by atoms with Crippen molar-refractivity contribution >= 4 is 23.2 Å². The maximum absolute atomic E-state index is 13.0. The van der Waals surface area contributed by atoms with Crippen molar-refractivity contribution in [1.82, 2.24) is 4.90 Å². The molecule has 1 fully saturated rings. The average Bonchev–Trinajstić information content (AvgIpc) is 2.77. The van der Waals surface area contributed by atoms with Crippen LogP contribution < -0.4 is 15.0 Å². The van der Waals surface area contributed by atoms with Crippen LogP contribution in [0.2, 0.25) is 0 Å². The predicted octanol–water partition coefficient (Wildman–Crippen LogP) is 3.52. The van der Waals surface area contributed by atoms with E-state index in [-0.39, 0.29) is 18.4 Å². The van der Waals surface area contributed by atoms with E-state index in [2.05, 4.69) is 5.32 Å². The molecule has 2 aliphatic heterocycles. The molecule has 0 aromatic heterocycles. The molecule has 0 bridgehead atoms. The highest BCUT2D eigenvalue weighted by Gasteiger charge is 2.34. The summed E-state index contributed by atoms with van der Waals surface area (Å²) in [7, 11) is 0. The van der Waals surface area contributed by atoms with E-state index < -0.39 is 6.10 Å². The van der Waals surface area contributed by atoms with Crippen molar-refractivity contribution < 1.29 is 14.3 Å². The molecule has 1 saturated heterocycles. The lowest BCUT2D eigenvalue weighted by Crippen LogP contribution is -2.52. The Morgan fingerprint density at radius 1 is 1.03 bits per heavy atom. The lowest BCUT2D eigenvalue weighted by atomic mass is 10.1. The minimum atomic E-state index is -0.591. The molecule has 2 aromatic carbocycles. The summed E-state index contributed by atoms with van der Waals surface area (Å²) in [5, 5.41) is 3.02. The molecular weight excluding hydrogens is 378 g/mol. The molecule has 30 heavy (non-hydrogen) atoms. The van der Waals surface area contributed by atoms with E-state index in [1.807, 2.05) is 66.1 Å². The summed E-state index contributed by atoms with van der Waals surface area (Å²) >= 11 is 0. The highest BCUT2D eigenvalue weighted by Crippen LogP contribution is 2.33. The predicted molar refractivity (Wildman–Crippen MR) is 118 cm³/mol. The zero-order chi connectivity index (χ0) is 21.1. The van der Waals surface area contributed by atoms with Crippen molar-refractivity contribution in [3.63, 3.8) is 0 Å². The van der Waals surface area contributed by atoms with Gasteiger partial charge in [0.15, 0.2) is 6.10 Å². The van der Waals surface area contributed by atoms with Crippen LogP contribution in [0, 0.1) is 13.8 Å². The van der Waals surface area contributed by atoms with Gasteiger partial charge in [-0.2, -0.15) is 0 Å². The summed E-state index contributed by atoms with van der Waals surface area (Å²) < 4.78 is 6.05. The van der Waals surface area contributed by atoms with Crippen LogP contribution in [0.25, 0.3) is 0 Å². The smallest absolute Gasteiger partial charge is 0.265 e. The summed E-state index contributed by atoms with van der Waals surface area (Å²) in [5.74, 6) is 0.562. The molecule has 158 valence electrons. The second kappa shape index (κ2) is 8.78. The Labute approximate surface area is 177 Å². The number of likely N-dealkylation sites (tertiary alicyclic amines) is 1. The van der Waals surface area contributed by atoms with Crippen molar-refractivity contribution in [2.75, 3.05) is 36.4 Å². The Morgan fingerprint density at radius 2 is 1.80 bits per heavy atom. The minimum Gasteiger partial charge on any atom is -0.477 e. The summed E-state index contributed by atoms with van der Waals surface area (Å²) in [6, 6.07) is 13.5. The van der Waals surface area contributed by atoms with Gasteiger partial charge < -0.3 is 19.9 Å². The first-order valence-electron chi connectivity index (χ1n) is 10.7. The monoisotopic (exact) mass is 407 g/mol. The third-order valence-corrected chi connectivity index (χ3v) is 6.02. The Kier molecular flexibility index (Phi) is 5.93. The number of fused-ring (bicyclic) bond motifs is 1. The number of nitrogens with one attached hydrogen (secondary N) is 1. The van der Waals surface area contributed by atoms with Crippen LogP contribution in [-0.2, 0) is 9.59 Å². The van der Waals surface area contributed by atoms with Crippen molar-refractivity contribution in [2.24, 2.45) is 0 Å². The number of carbonyl (C=O) groups excluding carboxylic acids is 2. The number of carbonyl (C=O) groups is 2. The molecule has 2 amide bonds. The molecule has 1 atom stereocenters. The standard InChI is InChI=1S/C24H29N3O3/c1-17-9-8-10-19(18(17)2)25-23(28)16-27-15-22(24(29)26-13-6-3-7-14-26)30-21-12-5-4-11-20(21)27/h4-5,8-12,22H,3,6-7,13-16H2,1-2H3,(H,25,28). The van der Waals surface area contributed by atoms with Crippen molar-refractivity contribution in [1.29, 1.82) is 0 Å². The fourth-order valence-corrected chi connectivity index (χ4v) is 4.15. The Bertz CT molecular complexity index is 937. The van der Waals surface area contributed by atoms with Crippen LogP contribution in [0.1, 0.15) is 30.4 Å². The number of para-hydroxylation sites is 2. The number of hydrogen-bond acceptors (Lipinski definition) is 4. The highest BCUT2D eigenvalue weighted by molar-refractivity contribution is 5.95. The topological polar surface area (TPSA) is 61.9 Å². The van der Waals surface area contributed by atoms with E-state index in [1.165, 1.54) is 6.42 Å². The number of anilines is 2. The molecule has 6 heteroatoms. The molecular formula is C24H29N3O3. The van der Waals surface area contributed by atoms with Gasteiger partial charge in [0.05, 0.1) is 18.8 Å². The molecule has 1 unspecified atom stereocenters. The van der Waals surface area contributed by atoms with Crippen LogP contribution in [-0.4, -0.2) is 49.0 Å². The maximum atomic E-state index is 13.0. The summed E-state index contributed by atoms with van der Waals surface area (Å²) in [4.78, 5) is 29.7. The van der Waals surface area contributed by atoms with Gasteiger partial charge in [-0.3, -0.25) is 9.59 Å². The van der Waals surface area contributed by atoms with E-state index in [0.29, 0.717) is 12.3 Å². The first-order chi connectivity index (χ1) is 14.5. The van der Waals surface area contributed by atoms with Crippen LogP contribution in [0.15, 0.2) is 42.5 Å². The van der Waals surface area contributed by atoms with E-state index in [9.17, 15) is 9.59 Å². The molecule has 0 spiro atoms. The first-order valence-corrected chi connectivity index (χ1v) is 10.7.